The van der Waals surface area contributed by atoms with E-state index >= 15 is 0 Å². The standard InChI is InChI=1S/C13H18N2O2/c1-10-3-2-4-11(5-10)7-15-8-12(6-14)17-9-13(15)16/h2-5,12H,6-9,14H2,1H3. The summed E-state index contributed by atoms with van der Waals surface area (Å²) >= 11 is 0. The lowest BCUT2D eigenvalue weighted by Crippen LogP contribution is -2.48. The fourth-order valence-electron chi connectivity index (χ4n) is 2.01. The van der Waals surface area contributed by atoms with Crippen LogP contribution in [0.1, 0.15) is 11.1 Å². The molecule has 1 unspecified atom stereocenters. The first kappa shape index (κ1) is 12.1. The van der Waals surface area contributed by atoms with E-state index < -0.39 is 0 Å². The molecule has 0 aliphatic carbocycles. The Balaban J connectivity index is 2.04. The summed E-state index contributed by atoms with van der Waals surface area (Å²) in [5, 5.41) is 0. The lowest BCUT2D eigenvalue weighted by atomic mass is 10.1. The molecule has 1 aromatic carbocycles. The fourth-order valence-corrected chi connectivity index (χ4v) is 2.01. The highest BCUT2D eigenvalue weighted by molar-refractivity contribution is 5.78. The van der Waals surface area contributed by atoms with Crippen molar-refractivity contribution >= 4 is 5.91 Å². The molecule has 1 heterocycles. The molecule has 17 heavy (non-hydrogen) atoms. The fraction of sp³-hybridized carbons (Fsp3) is 0.462. The maximum atomic E-state index is 11.7. The molecule has 0 bridgehead atoms. The third-order valence-electron chi connectivity index (χ3n) is 2.94. The average molecular weight is 234 g/mol. The average Bonchev–Trinajstić information content (AvgIpc) is 2.32. The van der Waals surface area contributed by atoms with Crippen LogP contribution in [0.2, 0.25) is 0 Å². The first-order valence-electron chi connectivity index (χ1n) is 5.84. The van der Waals surface area contributed by atoms with Crippen LogP contribution >= 0.6 is 0 Å². The van der Waals surface area contributed by atoms with Gasteiger partial charge in [0.25, 0.3) is 0 Å². The van der Waals surface area contributed by atoms with Crippen molar-refractivity contribution < 1.29 is 9.53 Å². The van der Waals surface area contributed by atoms with Gasteiger partial charge < -0.3 is 15.4 Å². The van der Waals surface area contributed by atoms with E-state index in [-0.39, 0.29) is 18.6 Å². The van der Waals surface area contributed by atoms with Crippen molar-refractivity contribution in [1.29, 1.82) is 0 Å². The molecule has 4 nitrogen and oxygen atoms in total. The predicted molar refractivity (Wildman–Crippen MR) is 65.4 cm³/mol. The quantitative estimate of drug-likeness (QED) is 0.836. The summed E-state index contributed by atoms with van der Waals surface area (Å²) in [6, 6.07) is 8.19. The zero-order chi connectivity index (χ0) is 12.3. The summed E-state index contributed by atoms with van der Waals surface area (Å²) in [4.78, 5) is 13.5. The number of carbonyl (C=O) groups is 1. The van der Waals surface area contributed by atoms with Crippen molar-refractivity contribution in [3.63, 3.8) is 0 Å². The minimum Gasteiger partial charge on any atom is -0.365 e. The van der Waals surface area contributed by atoms with E-state index in [0.717, 1.165) is 5.56 Å². The summed E-state index contributed by atoms with van der Waals surface area (Å²) in [6.07, 6.45) is -0.0301. The third-order valence-corrected chi connectivity index (χ3v) is 2.94. The minimum atomic E-state index is -0.0301. The van der Waals surface area contributed by atoms with Crippen LogP contribution in [-0.2, 0) is 16.1 Å². The SMILES string of the molecule is Cc1cccc(CN2CC(CN)OCC2=O)c1. The number of aryl methyl sites for hydroxylation is 1. The van der Waals surface area contributed by atoms with Crippen LogP contribution in [0.25, 0.3) is 0 Å². The second-order valence-electron chi connectivity index (χ2n) is 4.43. The van der Waals surface area contributed by atoms with E-state index in [1.165, 1.54) is 5.56 Å². The summed E-state index contributed by atoms with van der Waals surface area (Å²) in [5.41, 5.74) is 7.92. The number of carbonyl (C=O) groups excluding carboxylic acids is 1. The van der Waals surface area contributed by atoms with Gasteiger partial charge in [-0.15, -0.1) is 0 Å². The van der Waals surface area contributed by atoms with Crippen molar-refractivity contribution in [2.24, 2.45) is 5.73 Å². The molecule has 1 saturated heterocycles. The van der Waals surface area contributed by atoms with Gasteiger partial charge in [-0.05, 0) is 12.5 Å². The highest BCUT2D eigenvalue weighted by Crippen LogP contribution is 2.12. The zero-order valence-electron chi connectivity index (χ0n) is 10.1. The van der Waals surface area contributed by atoms with E-state index in [0.29, 0.717) is 19.6 Å². The molecular weight excluding hydrogens is 216 g/mol. The highest BCUT2D eigenvalue weighted by atomic mass is 16.5. The number of nitrogens with zero attached hydrogens (tertiary/aromatic N) is 1. The Labute approximate surface area is 101 Å². The third kappa shape index (κ3) is 3.05. The minimum absolute atomic E-state index is 0.0301. The topological polar surface area (TPSA) is 55.6 Å². The number of rotatable bonds is 3. The number of benzene rings is 1. The van der Waals surface area contributed by atoms with Crippen molar-refractivity contribution in [1.82, 2.24) is 4.90 Å². The smallest absolute Gasteiger partial charge is 0.248 e. The Hall–Kier alpha value is -1.39. The van der Waals surface area contributed by atoms with Gasteiger partial charge in [-0.25, -0.2) is 0 Å². The van der Waals surface area contributed by atoms with Gasteiger partial charge in [0.15, 0.2) is 0 Å². The van der Waals surface area contributed by atoms with E-state index in [9.17, 15) is 4.79 Å². The van der Waals surface area contributed by atoms with Gasteiger partial charge >= 0.3 is 0 Å². The molecule has 1 aliphatic heterocycles. The lowest BCUT2D eigenvalue weighted by molar-refractivity contribution is -0.149. The summed E-state index contributed by atoms with van der Waals surface area (Å²) in [6.45, 7) is 3.88. The molecule has 0 aromatic heterocycles. The summed E-state index contributed by atoms with van der Waals surface area (Å²) < 4.78 is 5.31. The molecule has 0 spiro atoms. The van der Waals surface area contributed by atoms with Gasteiger partial charge in [0.1, 0.15) is 6.61 Å². The molecule has 92 valence electrons. The first-order chi connectivity index (χ1) is 8.19. The van der Waals surface area contributed by atoms with Crippen LogP contribution in [0.15, 0.2) is 24.3 Å². The zero-order valence-corrected chi connectivity index (χ0v) is 10.1. The number of ether oxygens (including phenoxy) is 1. The molecule has 1 aliphatic rings. The number of nitrogens with two attached hydrogens (primary N) is 1. The number of hydrogen-bond acceptors (Lipinski definition) is 3. The number of morpholine rings is 1. The van der Waals surface area contributed by atoms with Crippen molar-refractivity contribution in [2.45, 2.75) is 19.6 Å². The summed E-state index contributed by atoms with van der Waals surface area (Å²) in [7, 11) is 0. The van der Waals surface area contributed by atoms with Gasteiger partial charge in [0.05, 0.1) is 6.10 Å². The van der Waals surface area contributed by atoms with Crippen LogP contribution < -0.4 is 5.73 Å². The van der Waals surface area contributed by atoms with Crippen molar-refractivity contribution in [2.75, 3.05) is 19.7 Å². The van der Waals surface area contributed by atoms with E-state index in [1.807, 2.05) is 30.0 Å². The van der Waals surface area contributed by atoms with Gasteiger partial charge in [-0.1, -0.05) is 29.8 Å². The molecule has 1 amide bonds. The molecule has 1 aromatic rings. The largest absolute Gasteiger partial charge is 0.365 e. The Kier molecular flexibility index (Phi) is 3.76. The number of amides is 1. The van der Waals surface area contributed by atoms with Crippen LogP contribution in [0.3, 0.4) is 0 Å². The van der Waals surface area contributed by atoms with E-state index in [1.54, 1.807) is 0 Å². The highest BCUT2D eigenvalue weighted by Gasteiger charge is 2.25. The Morgan fingerprint density at radius 3 is 3.06 bits per heavy atom. The maximum Gasteiger partial charge on any atom is 0.248 e. The van der Waals surface area contributed by atoms with Gasteiger partial charge in [-0.2, -0.15) is 0 Å². The van der Waals surface area contributed by atoms with Gasteiger partial charge in [0, 0.05) is 19.6 Å². The first-order valence-corrected chi connectivity index (χ1v) is 5.84. The normalized spacial score (nSPS) is 20.7. The molecule has 0 saturated carbocycles. The maximum absolute atomic E-state index is 11.7. The molecule has 1 fully saturated rings. The Morgan fingerprint density at radius 1 is 1.53 bits per heavy atom. The molecule has 2 N–H and O–H groups in total. The molecular formula is C13H18N2O2. The van der Waals surface area contributed by atoms with Crippen LogP contribution in [-0.4, -0.2) is 36.6 Å². The van der Waals surface area contributed by atoms with Crippen LogP contribution in [0.4, 0.5) is 0 Å². The Morgan fingerprint density at radius 2 is 2.35 bits per heavy atom. The van der Waals surface area contributed by atoms with E-state index in [4.69, 9.17) is 10.5 Å². The molecule has 0 radical (unpaired) electrons. The van der Waals surface area contributed by atoms with E-state index in [2.05, 4.69) is 6.07 Å². The number of hydrogen-bond donors (Lipinski definition) is 1. The lowest BCUT2D eigenvalue weighted by Gasteiger charge is -2.32. The second-order valence-corrected chi connectivity index (χ2v) is 4.43. The molecule has 4 heteroatoms. The van der Waals surface area contributed by atoms with Crippen LogP contribution in [0, 0.1) is 6.92 Å². The molecule has 2 rings (SSSR count). The monoisotopic (exact) mass is 234 g/mol. The predicted octanol–water partition coefficient (Wildman–Crippen LogP) is 0.681. The Bertz CT molecular complexity index is 406. The second kappa shape index (κ2) is 5.29. The van der Waals surface area contributed by atoms with Gasteiger partial charge in [-0.3, -0.25) is 4.79 Å². The molecule has 1 atom stereocenters. The van der Waals surface area contributed by atoms with Gasteiger partial charge in [0.2, 0.25) is 5.91 Å². The summed E-state index contributed by atoms with van der Waals surface area (Å²) in [5.74, 6) is 0.0382. The van der Waals surface area contributed by atoms with Crippen LogP contribution in [0.5, 0.6) is 0 Å². The van der Waals surface area contributed by atoms with Crippen molar-refractivity contribution in [3.8, 4) is 0 Å². The van der Waals surface area contributed by atoms with Crippen molar-refractivity contribution in [3.05, 3.63) is 35.4 Å².